The molecule has 0 aliphatic rings. The normalized spacial score (nSPS) is 10.4. The Balaban J connectivity index is 1.71. The van der Waals surface area contributed by atoms with Crippen LogP contribution in [0.15, 0.2) is 66.0 Å². The van der Waals surface area contributed by atoms with Crippen LogP contribution in [0.25, 0.3) is 0 Å². The van der Waals surface area contributed by atoms with Gasteiger partial charge in [0.15, 0.2) is 0 Å². The van der Waals surface area contributed by atoms with Gasteiger partial charge in [0.2, 0.25) is 5.91 Å². The van der Waals surface area contributed by atoms with Crippen LogP contribution in [-0.4, -0.2) is 30.4 Å². The molecular formula is C22H21FN2O3S. The first-order chi connectivity index (χ1) is 14.1. The second-order valence-corrected chi connectivity index (χ2v) is 7.37. The number of nitrogens with zero attached hydrogens (tertiary/aromatic N) is 1. The molecule has 0 fully saturated rings. The minimum atomic E-state index is -0.500. The zero-order valence-electron chi connectivity index (χ0n) is 15.9. The number of carbonyl (C=O) groups excluding carboxylic acids is 2. The topological polar surface area (TPSA) is 58.6 Å². The van der Waals surface area contributed by atoms with Crippen molar-refractivity contribution < 1.29 is 18.7 Å². The minimum absolute atomic E-state index is 0.173. The summed E-state index contributed by atoms with van der Waals surface area (Å²) in [6, 6.07) is 16.7. The van der Waals surface area contributed by atoms with E-state index in [0.29, 0.717) is 18.8 Å². The van der Waals surface area contributed by atoms with Crippen LogP contribution in [0, 0.1) is 5.82 Å². The maximum atomic E-state index is 13.3. The first kappa shape index (κ1) is 20.5. The molecule has 29 heavy (non-hydrogen) atoms. The van der Waals surface area contributed by atoms with Gasteiger partial charge in [-0.15, -0.1) is 11.3 Å². The summed E-state index contributed by atoms with van der Waals surface area (Å²) in [6.45, 7) is 0.580. The zero-order chi connectivity index (χ0) is 20.6. The predicted molar refractivity (Wildman–Crippen MR) is 110 cm³/mol. The van der Waals surface area contributed by atoms with E-state index in [1.165, 1.54) is 18.2 Å². The Labute approximate surface area is 172 Å². The standard InChI is InChI=1S/C22H21FN2O3S/c1-28-20-10-3-2-6-17(20)14-25(15-19-9-5-11-29-19)21(26)13-24-22(27)16-7-4-8-18(23)12-16/h2-12H,13-15H2,1H3,(H,24,27). The van der Waals surface area contributed by atoms with Crippen LogP contribution in [0.2, 0.25) is 0 Å². The van der Waals surface area contributed by atoms with Gasteiger partial charge >= 0.3 is 0 Å². The number of halogens is 1. The van der Waals surface area contributed by atoms with Gasteiger partial charge in [0.05, 0.1) is 20.2 Å². The molecule has 1 aromatic heterocycles. The molecule has 0 bridgehead atoms. The van der Waals surface area contributed by atoms with E-state index in [2.05, 4.69) is 5.32 Å². The number of carbonyl (C=O) groups is 2. The molecule has 1 heterocycles. The predicted octanol–water partition coefficient (Wildman–Crippen LogP) is 3.85. The Bertz CT molecular complexity index is 976. The Hall–Kier alpha value is -3.19. The Kier molecular flexibility index (Phi) is 6.97. The lowest BCUT2D eigenvalue weighted by Crippen LogP contribution is -2.39. The average molecular weight is 412 g/mol. The molecule has 0 saturated heterocycles. The number of para-hydroxylation sites is 1. The maximum absolute atomic E-state index is 13.3. The molecule has 0 spiro atoms. The second kappa shape index (κ2) is 9.84. The zero-order valence-corrected chi connectivity index (χ0v) is 16.7. The molecule has 7 heteroatoms. The van der Waals surface area contributed by atoms with Gasteiger partial charge in [-0.2, -0.15) is 0 Å². The molecule has 1 N–H and O–H groups in total. The molecule has 0 aliphatic carbocycles. The van der Waals surface area contributed by atoms with Gasteiger partial charge in [-0.05, 0) is 35.7 Å². The second-order valence-electron chi connectivity index (χ2n) is 6.33. The first-order valence-corrected chi connectivity index (χ1v) is 9.90. The highest BCUT2D eigenvalue weighted by Gasteiger charge is 2.18. The smallest absolute Gasteiger partial charge is 0.251 e. The third kappa shape index (κ3) is 5.65. The summed E-state index contributed by atoms with van der Waals surface area (Å²) in [4.78, 5) is 27.8. The molecular weight excluding hydrogens is 391 g/mol. The summed E-state index contributed by atoms with van der Waals surface area (Å²) in [7, 11) is 1.59. The van der Waals surface area contributed by atoms with Crippen molar-refractivity contribution in [3.8, 4) is 5.75 Å². The molecule has 5 nitrogen and oxygen atoms in total. The van der Waals surface area contributed by atoms with Crippen molar-refractivity contribution in [3.05, 3.63) is 87.9 Å². The maximum Gasteiger partial charge on any atom is 0.251 e. The molecule has 2 amide bonds. The highest BCUT2D eigenvalue weighted by Crippen LogP contribution is 2.21. The van der Waals surface area contributed by atoms with Crippen LogP contribution in [0.5, 0.6) is 5.75 Å². The lowest BCUT2D eigenvalue weighted by atomic mass is 10.1. The monoisotopic (exact) mass is 412 g/mol. The number of benzene rings is 2. The van der Waals surface area contributed by atoms with Gasteiger partial charge < -0.3 is 15.0 Å². The number of ether oxygens (including phenoxy) is 1. The summed E-state index contributed by atoms with van der Waals surface area (Å²) in [6.07, 6.45) is 0. The van der Waals surface area contributed by atoms with Gasteiger partial charge in [-0.1, -0.05) is 30.3 Å². The van der Waals surface area contributed by atoms with Crippen molar-refractivity contribution in [2.45, 2.75) is 13.1 Å². The van der Waals surface area contributed by atoms with Crippen molar-refractivity contribution >= 4 is 23.2 Å². The third-order valence-electron chi connectivity index (χ3n) is 4.32. The summed E-state index contributed by atoms with van der Waals surface area (Å²) in [5.41, 5.74) is 1.05. The number of thiophene rings is 1. The van der Waals surface area contributed by atoms with Gasteiger partial charge in [-0.3, -0.25) is 9.59 Å². The Morgan fingerprint density at radius 2 is 1.90 bits per heavy atom. The SMILES string of the molecule is COc1ccccc1CN(Cc1cccs1)C(=O)CNC(=O)c1cccc(F)c1. The number of amides is 2. The van der Waals surface area contributed by atoms with Crippen LogP contribution in [0.4, 0.5) is 4.39 Å². The molecule has 0 saturated carbocycles. The first-order valence-electron chi connectivity index (χ1n) is 9.02. The fourth-order valence-corrected chi connectivity index (χ4v) is 3.58. The highest BCUT2D eigenvalue weighted by atomic mass is 32.1. The molecule has 0 radical (unpaired) electrons. The van der Waals surface area contributed by atoms with Crippen LogP contribution in [-0.2, 0) is 17.9 Å². The van der Waals surface area contributed by atoms with E-state index < -0.39 is 11.7 Å². The number of nitrogens with one attached hydrogen (secondary N) is 1. The van der Waals surface area contributed by atoms with E-state index in [1.807, 2.05) is 41.8 Å². The van der Waals surface area contributed by atoms with Crippen LogP contribution in [0.1, 0.15) is 20.8 Å². The largest absolute Gasteiger partial charge is 0.496 e. The van der Waals surface area contributed by atoms with Gasteiger partial charge in [0.1, 0.15) is 11.6 Å². The van der Waals surface area contributed by atoms with Crippen molar-refractivity contribution in [1.82, 2.24) is 10.2 Å². The highest BCUT2D eigenvalue weighted by molar-refractivity contribution is 7.09. The third-order valence-corrected chi connectivity index (χ3v) is 5.18. The number of rotatable bonds is 8. The molecule has 2 aromatic carbocycles. The average Bonchev–Trinajstić information content (AvgIpc) is 3.25. The number of hydrogen-bond donors (Lipinski definition) is 1. The van der Waals surface area contributed by atoms with Crippen molar-refractivity contribution in [2.24, 2.45) is 0 Å². The van der Waals surface area contributed by atoms with E-state index in [4.69, 9.17) is 4.74 Å². The summed E-state index contributed by atoms with van der Waals surface area (Å²) in [5, 5.41) is 4.53. The molecule has 0 aliphatic heterocycles. The van der Waals surface area contributed by atoms with Crippen molar-refractivity contribution in [2.75, 3.05) is 13.7 Å². The lowest BCUT2D eigenvalue weighted by molar-refractivity contribution is -0.131. The number of hydrogen-bond acceptors (Lipinski definition) is 4. The fourth-order valence-electron chi connectivity index (χ4n) is 2.86. The van der Waals surface area contributed by atoms with E-state index in [9.17, 15) is 14.0 Å². The van der Waals surface area contributed by atoms with E-state index >= 15 is 0 Å². The van der Waals surface area contributed by atoms with E-state index in [1.54, 1.807) is 23.3 Å². The summed E-state index contributed by atoms with van der Waals surface area (Å²) >= 11 is 1.56. The van der Waals surface area contributed by atoms with Crippen LogP contribution < -0.4 is 10.1 Å². The quantitative estimate of drug-likeness (QED) is 0.611. The Morgan fingerprint density at radius 3 is 2.62 bits per heavy atom. The van der Waals surface area contributed by atoms with E-state index in [0.717, 1.165) is 16.5 Å². The number of methoxy groups -OCH3 is 1. The molecule has 150 valence electrons. The van der Waals surface area contributed by atoms with Gasteiger partial charge in [-0.25, -0.2) is 4.39 Å². The Morgan fingerprint density at radius 1 is 1.07 bits per heavy atom. The molecule has 0 atom stereocenters. The summed E-state index contributed by atoms with van der Waals surface area (Å²) < 4.78 is 18.7. The van der Waals surface area contributed by atoms with Crippen LogP contribution in [0.3, 0.4) is 0 Å². The summed E-state index contributed by atoms with van der Waals surface area (Å²) in [5.74, 6) is -0.542. The fraction of sp³-hybridized carbons (Fsp3) is 0.182. The van der Waals surface area contributed by atoms with Gasteiger partial charge in [0, 0.05) is 22.5 Å². The van der Waals surface area contributed by atoms with E-state index in [-0.39, 0.29) is 18.0 Å². The molecule has 3 aromatic rings. The van der Waals surface area contributed by atoms with Gasteiger partial charge in [0.25, 0.3) is 5.91 Å². The lowest BCUT2D eigenvalue weighted by Gasteiger charge is -2.23. The van der Waals surface area contributed by atoms with Crippen molar-refractivity contribution in [3.63, 3.8) is 0 Å². The minimum Gasteiger partial charge on any atom is -0.496 e. The molecule has 3 rings (SSSR count). The van der Waals surface area contributed by atoms with Crippen molar-refractivity contribution in [1.29, 1.82) is 0 Å². The van der Waals surface area contributed by atoms with Crippen LogP contribution >= 0.6 is 11.3 Å². The molecule has 0 unspecified atom stereocenters.